The molecule has 0 aromatic carbocycles. The highest BCUT2D eigenvalue weighted by Gasteiger charge is 2.26. The Morgan fingerprint density at radius 3 is 2.00 bits per heavy atom. The standard InChI is InChI=1S/C8H18O4S/c1-6(2)11-4-5-12-7(3)8(9,10)13/h6-7,9-10,13H,4-5H2,1-3H3. The van der Waals surface area contributed by atoms with E-state index >= 15 is 0 Å². The lowest BCUT2D eigenvalue weighted by Crippen LogP contribution is -2.37. The highest BCUT2D eigenvalue weighted by molar-refractivity contribution is 7.81. The smallest absolute Gasteiger partial charge is 0.237 e. The fraction of sp³-hybridized carbons (Fsp3) is 1.00. The molecule has 0 aliphatic heterocycles. The number of thiol groups is 1. The minimum atomic E-state index is -2.09. The van der Waals surface area contributed by atoms with Gasteiger partial charge in [-0.15, -0.1) is 12.6 Å². The number of ether oxygens (including phenoxy) is 2. The van der Waals surface area contributed by atoms with Crippen LogP contribution >= 0.6 is 12.6 Å². The topological polar surface area (TPSA) is 58.9 Å². The van der Waals surface area contributed by atoms with Crippen LogP contribution in [0.2, 0.25) is 0 Å². The van der Waals surface area contributed by atoms with E-state index in [0.717, 1.165) is 0 Å². The zero-order valence-corrected chi connectivity index (χ0v) is 9.12. The van der Waals surface area contributed by atoms with Crippen molar-refractivity contribution in [2.75, 3.05) is 13.2 Å². The van der Waals surface area contributed by atoms with Crippen molar-refractivity contribution in [3.8, 4) is 0 Å². The maximum absolute atomic E-state index is 8.95. The lowest BCUT2D eigenvalue weighted by molar-refractivity contribution is -0.169. The molecule has 0 heterocycles. The summed E-state index contributed by atoms with van der Waals surface area (Å²) < 4.78 is 10.2. The third-order valence-corrected chi connectivity index (χ3v) is 1.81. The van der Waals surface area contributed by atoms with Crippen LogP contribution in [0.1, 0.15) is 20.8 Å². The van der Waals surface area contributed by atoms with E-state index in [1.54, 1.807) is 0 Å². The fourth-order valence-electron chi connectivity index (χ4n) is 0.621. The van der Waals surface area contributed by atoms with Crippen molar-refractivity contribution in [1.82, 2.24) is 0 Å². The van der Waals surface area contributed by atoms with Crippen molar-refractivity contribution in [3.05, 3.63) is 0 Å². The van der Waals surface area contributed by atoms with Gasteiger partial charge in [0.25, 0.3) is 0 Å². The molecule has 0 aromatic rings. The SMILES string of the molecule is CC(C)OCCOC(C)C(O)(O)S. The molecule has 0 amide bonds. The van der Waals surface area contributed by atoms with Gasteiger partial charge in [0, 0.05) is 0 Å². The van der Waals surface area contributed by atoms with E-state index in [1.165, 1.54) is 6.92 Å². The summed E-state index contributed by atoms with van der Waals surface area (Å²) in [5, 5.41) is 15.8. The molecule has 13 heavy (non-hydrogen) atoms. The first kappa shape index (κ1) is 13.2. The lowest BCUT2D eigenvalue weighted by Gasteiger charge is -2.23. The molecular formula is C8H18O4S. The van der Waals surface area contributed by atoms with Crippen LogP contribution in [-0.4, -0.2) is 40.8 Å². The van der Waals surface area contributed by atoms with Crippen molar-refractivity contribution in [3.63, 3.8) is 0 Å². The van der Waals surface area contributed by atoms with Gasteiger partial charge in [0.2, 0.25) is 5.12 Å². The molecule has 5 heteroatoms. The highest BCUT2D eigenvalue weighted by atomic mass is 32.1. The van der Waals surface area contributed by atoms with Gasteiger partial charge in [-0.3, -0.25) is 0 Å². The van der Waals surface area contributed by atoms with E-state index in [0.29, 0.717) is 13.2 Å². The van der Waals surface area contributed by atoms with Gasteiger partial charge < -0.3 is 19.7 Å². The average molecular weight is 210 g/mol. The number of hydrogen-bond acceptors (Lipinski definition) is 5. The second kappa shape index (κ2) is 5.82. The molecule has 1 atom stereocenters. The normalized spacial score (nSPS) is 15.0. The van der Waals surface area contributed by atoms with Crippen LogP contribution in [-0.2, 0) is 9.47 Å². The van der Waals surface area contributed by atoms with E-state index < -0.39 is 11.2 Å². The predicted octanol–water partition coefficient (Wildman–Crippen LogP) is 0.385. The fourth-order valence-corrected chi connectivity index (χ4v) is 0.695. The summed E-state index contributed by atoms with van der Waals surface area (Å²) in [6.45, 7) is 6.13. The Labute approximate surface area is 84.3 Å². The molecule has 0 aromatic heterocycles. The molecule has 2 N–H and O–H groups in total. The molecule has 0 rings (SSSR count). The summed E-state index contributed by atoms with van der Waals surface area (Å²) in [5.74, 6) is 0. The van der Waals surface area contributed by atoms with Gasteiger partial charge in [-0.1, -0.05) is 0 Å². The lowest BCUT2D eigenvalue weighted by atomic mass is 10.4. The summed E-state index contributed by atoms with van der Waals surface area (Å²) in [6.07, 6.45) is -0.588. The summed E-state index contributed by atoms with van der Waals surface area (Å²) in [5.41, 5.74) is 0. The van der Waals surface area contributed by atoms with Crippen LogP contribution < -0.4 is 0 Å². The molecule has 1 unspecified atom stereocenters. The third kappa shape index (κ3) is 7.28. The van der Waals surface area contributed by atoms with Crippen LogP contribution in [0.4, 0.5) is 0 Å². The van der Waals surface area contributed by atoms with Crippen molar-refractivity contribution in [2.24, 2.45) is 0 Å². The van der Waals surface area contributed by atoms with Crippen molar-refractivity contribution in [2.45, 2.75) is 38.1 Å². The average Bonchev–Trinajstić information content (AvgIpc) is 1.95. The van der Waals surface area contributed by atoms with E-state index in [2.05, 4.69) is 12.6 Å². The monoisotopic (exact) mass is 210 g/mol. The van der Waals surface area contributed by atoms with Crippen molar-refractivity contribution in [1.29, 1.82) is 0 Å². The second-order valence-corrected chi connectivity index (χ2v) is 3.78. The molecular weight excluding hydrogens is 192 g/mol. The largest absolute Gasteiger partial charge is 0.376 e. The molecule has 4 nitrogen and oxygen atoms in total. The molecule has 0 bridgehead atoms. The van der Waals surface area contributed by atoms with Gasteiger partial charge in [-0.05, 0) is 20.8 Å². The van der Waals surface area contributed by atoms with Crippen LogP contribution in [0.25, 0.3) is 0 Å². The van der Waals surface area contributed by atoms with Gasteiger partial charge in [0.15, 0.2) is 0 Å². The zero-order chi connectivity index (χ0) is 10.5. The van der Waals surface area contributed by atoms with Crippen molar-refractivity contribution >= 4 is 12.6 Å². The minimum Gasteiger partial charge on any atom is -0.376 e. The molecule has 0 spiro atoms. The Kier molecular flexibility index (Phi) is 5.91. The van der Waals surface area contributed by atoms with Crippen LogP contribution in [0.15, 0.2) is 0 Å². The minimum absolute atomic E-state index is 0.155. The van der Waals surface area contributed by atoms with Gasteiger partial charge >= 0.3 is 0 Å². The number of rotatable bonds is 6. The van der Waals surface area contributed by atoms with Crippen LogP contribution in [0, 0.1) is 0 Å². The molecule has 0 aliphatic carbocycles. The second-order valence-electron chi connectivity index (χ2n) is 3.12. The first-order valence-corrected chi connectivity index (χ1v) is 4.69. The Morgan fingerprint density at radius 2 is 1.62 bits per heavy atom. The summed E-state index contributed by atoms with van der Waals surface area (Å²) in [7, 11) is 0. The molecule has 80 valence electrons. The van der Waals surface area contributed by atoms with E-state index in [9.17, 15) is 0 Å². The molecule has 0 saturated heterocycles. The summed E-state index contributed by atoms with van der Waals surface area (Å²) in [6, 6.07) is 0. The van der Waals surface area contributed by atoms with E-state index in [1.807, 2.05) is 13.8 Å². The quantitative estimate of drug-likeness (QED) is 0.337. The maximum Gasteiger partial charge on any atom is 0.237 e. The Balaban J connectivity index is 3.43. The first-order chi connectivity index (χ1) is 5.84. The van der Waals surface area contributed by atoms with Gasteiger partial charge in [-0.2, -0.15) is 0 Å². The highest BCUT2D eigenvalue weighted by Crippen LogP contribution is 2.13. The molecule has 0 aliphatic rings. The maximum atomic E-state index is 8.95. The third-order valence-electron chi connectivity index (χ3n) is 1.45. The Hall–Kier alpha value is 0.190. The van der Waals surface area contributed by atoms with Crippen LogP contribution in [0.3, 0.4) is 0 Å². The number of hydrogen-bond donors (Lipinski definition) is 3. The van der Waals surface area contributed by atoms with E-state index in [4.69, 9.17) is 19.7 Å². The Bertz CT molecular complexity index is 133. The molecule has 0 saturated carbocycles. The summed E-state index contributed by atoms with van der Waals surface area (Å²) in [4.78, 5) is 0. The van der Waals surface area contributed by atoms with Crippen molar-refractivity contribution < 1.29 is 19.7 Å². The predicted molar refractivity (Wildman–Crippen MR) is 52.7 cm³/mol. The number of aliphatic hydroxyl groups is 2. The zero-order valence-electron chi connectivity index (χ0n) is 8.23. The molecule has 0 radical (unpaired) electrons. The van der Waals surface area contributed by atoms with Gasteiger partial charge in [0.05, 0.1) is 19.3 Å². The molecule has 0 fully saturated rings. The first-order valence-electron chi connectivity index (χ1n) is 4.24. The summed E-state index contributed by atoms with van der Waals surface area (Å²) >= 11 is 3.54. The van der Waals surface area contributed by atoms with Crippen LogP contribution in [0.5, 0.6) is 0 Å². The Morgan fingerprint density at radius 1 is 1.15 bits per heavy atom. The van der Waals surface area contributed by atoms with E-state index in [-0.39, 0.29) is 6.10 Å². The van der Waals surface area contributed by atoms with Gasteiger partial charge in [0.1, 0.15) is 6.10 Å². The van der Waals surface area contributed by atoms with Gasteiger partial charge in [-0.25, -0.2) is 0 Å².